The zero-order valence-corrected chi connectivity index (χ0v) is 14.3. The number of carbonyl (C=O) groups is 1. The number of aliphatic hydroxyl groups is 1. The van der Waals surface area contributed by atoms with Gasteiger partial charge in [-0.25, -0.2) is 9.07 Å². The number of amides is 1. The van der Waals surface area contributed by atoms with E-state index in [1.807, 2.05) is 24.3 Å². The molecular formula is C18H22FN3O3. The average Bonchev–Trinajstić information content (AvgIpc) is 3.17. The average molecular weight is 347 g/mol. The van der Waals surface area contributed by atoms with Gasteiger partial charge < -0.3 is 15.1 Å². The fraction of sp³-hybridized carbons (Fsp3) is 0.444. The fourth-order valence-corrected chi connectivity index (χ4v) is 3.08. The molecule has 0 aliphatic carbocycles. The number of hydrogen-bond acceptors (Lipinski definition) is 4. The minimum Gasteiger partial charge on any atom is -0.504 e. The van der Waals surface area contributed by atoms with Gasteiger partial charge in [0.05, 0.1) is 31.1 Å². The van der Waals surface area contributed by atoms with Gasteiger partial charge in [-0.15, -0.1) is 0 Å². The summed E-state index contributed by atoms with van der Waals surface area (Å²) in [5.41, 5.74) is 1.75. The second-order valence-corrected chi connectivity index (χ2v) is 6.68. The topological polar surface area (TPSA) is 78.6 Å². The van der Waals surface area contributed by atoms with Gasteiger partial charge in [-0.1, -0.05) is 26.0 Å². The molecule has 0 spiro atoms. The Morgan fingerprint density at radius 3 is 2.64 bits per heavy atom. The number of likely N-dealkylation sites (tertiary alicyclic amines) is 1. The van der Waals surface area contributed by atoms with E-state index in [-0.39, 0.29) is 31.0 Å². The molecule has 7 heteroatoms. The Balaban J connectivity index is 1.86. The van der Waals surface area contributed by atoms with Crippen molar-refractivity contribution in [3.05, 3.63) is 41.7 Å². The van der Waals surface area contributed by atoms with Gasteiger partial charge in [0.2, 0.25) is 0 Å². The maximum Gasteiger partial charge on any atom is 0.278 e. The van der Waals surface area contributed by atoms with Gasteiger partial charge in [-0.2, -0.15) is 5.10 Å². The highest BCUT2D eigenvalue weighted by atomic mass is 19.1. The van der Waals surface area contributed by atoms with Crippen molar-refractivity contribution in [3.63, 3.8) is 0 Å². The number of aromatic nitrogens is 2. The lowest BCUT2D eigenvalue weighted by Gasteiger charge is -2.21. The molecule has 1 aromatic carbocycles. The minimum atomic E-state index is -1.17. The first-order valence-electron chi connectivity index (χ1n) is 8.35. The van der Waals surface area contributed by atoms with Crippen LogP contribution in [0.4, 0.5) is 4.39 Å². The van der Waals surface area contributed by atoms with Crippen molar-refractivity contribution in [2.24, 2.45) is 0 Å². The van der Waals surface area contributed by atoms with Crippen LogP contribution >= 0.6 is 0 Å². The molecular weight excluding hydrogens is 325 g/mol. The number of benzene rings is 1. The van der Waals surface area contributed by atoms with E-state index < -0.39 is 18.1 Å². The first-order chi connectivity index (χ1) is 11.9. The van der Waals surface area contributed by atoms with Crippen molar-refractivity contribution in [2.75, 3.05) is 13.2 Å². The summed E-state index contributed by atoms with van der Waals surface area (Å²) in [6.45, 7) is 3.78. The Hall–Kier alpha value is -2.41. The summed E-state index contributed by atoms with van der Waals surface area (Å²) in [5.74, 6) is -0.442. The van der Waals surface area contributed by atoms with E-state index in [9.17, 15) is 19.4 Å². The normalized spacial score (nSPS) is 20.4. The van der Waals surface area contributed by atoms with Crippen LogP contribution in [0.2, 0.25) is 0 Å². The molecule has 1 saturated heterocycles. The van der Waals surface area contributed by atoms with Crippen LogP contribution in [0, 0.1) is 0 Å². The molecule has 2 atom stereocenters. The molecule has 1 fully saturated rings. The Morgan fingerprint density at radius 1 is 1.36 bits per heavy atom. The summed E-state index contributed by atoms with van der Waals surface area (Å²) in [7, 11) is 0. The van der Waals surface area contributed by atoms with Crippen molar-refractivity contribution in [1.29, 1.82) is 0 Å². The van der Waals surface area contributed by atoms with Crippen LogP contribution in [-0.4, -0.2) is 56.2 Å². The molecule has 134 valence electrons. The molecule has 25 heavy (non-hydrogen) atoms. The van der Waals surface area contributed by atoms with Crippen LogP contribution in [0.15, 0.2) is 30.5 Å². The lowest BCUT2D eigenvalue weighted by molar-refractivity contribution is 0.0663. The third-order valence-electron chi connectivity index (χ3n) is 4.56. The summed E-state index contributed by atoms with van der Waals surface area (Å²) < 4.78 is 15.0. The third kappa shape index (κ3) is 3.37. The zero-order valence-electron chi connectivity index (χ0n) is 14.3. The zero-order chi connectivity index (χ0) is 18.1. The number of halogens is 1. The predicted octanol–water partition coefficient (Wildman–Crippen LogP) is 2.25. The summed E-state index contributed by atoms with van der Waals surface area (Å²) >= 11 is 0. The van der Waals surface area contributed by atoms with Gasteiger partial charge in [0, 0.05) is 6.42 Å². The van der Waals surface area contributed by atoms with Crippen LogP contribution in [0.3, 0.4) is 0 Å². The smallest absolute Gasteiger partial charge is 0.278 e. The standard InChI is InChI=1S/C18H22FN3O3/c1-11(2)12-3-5-14(6-4-12)22-9-16(24)17(20-22)18(25)21-8-13(19)7-15(21)10-23/h3-6,9,11,13,15,23-24H,7-8,10H2,1-2H3/t13-,15-/m0/s1. The molecule has 1 amide bonds. The maximum absolute atomic E-state index is 13.6. The van der Waals surface area contributed by atoms with E-state index in [0.717, 1.165) is 0 Å². The number of aliphatic hydroxyl groups excluding tert-OH is 1. The first kappa shape index (κ1) is 17.4. The van der Waals surface area contributed by atoms with E-state index in [2.05, 4.69) is 18.9 Å². The summed E-state index contributed by atoms with van der Waals surface area (Å²) in [4.78, 5) is 13.8. The Bertz CT molecular complexity index is 757. The van der Waals surface area contributed by atoms with E-state index in [1.54, 1.807) is 0 Å². The predicted molar refractivity (Wildman–Crippen MR) is 90.7 cm³/mol. The molecule has 1 aliphatic rings. The molecule has 1 aliphatic heterocycles. The molecule has 2 heterocycles. The van der Waals surface area contributed by atoms with Crippen LogP contribution < -0.4 is 0 Å². The minimum absolute atomic E-state index is 0.0976. The SMILES string of the molecule is CC(C)c1ccc(-n2cc(O)c(C(=O)N3C[C@@H](F)C[C@H]3CO)n2)cc1. The number of carbonyl (C=O) groups excluding carboxylic acids is 1. The quantitative estimate of drug-likeness (QED) is 0.889. The Morgan fingerprint density at radius 2 is 2.04 bits per heavy atom. The van der Waals surface area contributed by atoms with Crippen LogP contribution in [0.5, 0.6) is 5.75 Å². The van der Waals surface area contributed by atoms with Crippen molar-refractivity contribution in [3.8, 4) is 11.4 Å². The van der Waals surface area contributed by atoms with Gasteiger partial charge in [-0.05, 0) is 23.6 Å². The Labute approximate surface area is 145 Å². The largest absolute Gasteiger partial charge is 0.504 e. The molecule has 6 nitrogen and oxygen atoms in total. The van der Waals surface area contributed by atoms with Gasteiger partial charge >= 0.3 is 0 Å². The van der Waals surface area contributed by atoms with Crippen LogP contribution in [-0.2, 0) is 0 Å². The summed E-state index contributed by atoms with van der Waals surface area (Å²) in [5, 5.41) is 23.6. The molecule has 2 N–H and O–H groups in total. The van der Waals surface area contributed by atoms with E-state index in [0.29, 0.717) is 11.6 Å². The van der Waals surface area contributed by atoms with Crippen molar-refractivity contribution < 1.29 is 19.4 Å². The number of alkyl halides is 1. The van der Waals surface area contributed by atoms with Crippen LogP contribution in [0.25, 0.3) is 5.69 Å². The summed E-state index contributed by atoms with van der Waals surface area (Å²) in [6, 6.07) is 7.07. The lowest BCUT2D eigenvalue weighted by atomic mass is 10.0. The number of hydrogen-bond donors (Lipinski definition) is 2. The van der Waals surface area contributed by atoms with Gasteiger partial charge in [0.25, 0.3) is 5.91 Å². The second-order valence-electron chi connectivity index (χ2n) is 6.68. The van der Waals surface area contributed by atoms with Crippen LogP contribution in [0.1, 0.15) is 42.2 Å². The van der Waals surface area contributed by atoms with Gasteiger partial charge in [0.15, 0.2) is 11.4 Å². The second kappa shape index (κ2) is 6.84. The highest BCUT2D eigenvalue weighted by Crippen LogP contribution is 2.26. The summed E-state index contributed by atoms with van der Waals surface area (Å²) in [6.07, 6.45) is 0.281. The highest BCUT2D eigenvalue weighted by Gasteiger charge is 2.37. The van der Waals surface area contributed by atoms with Gasteiger partial charge in [-0.3, -0.25) is 4.79 Å². The van der Waals surface area contributed by atoms with E-state index >= 15 is 0 Å². The molecule has 0 radical (unpaired) electrons. The number of aromatic hydroxyl groups is 1. The van der Waals surface area contributed by atoms with E-state index in [4.69, 9.17) is 0 Å². The monoisotopic (exact) mass is 347 g/mol. The molecule has 3 rings (SSSR count). The molecule has 0 saturated carbocycles. The lowest BCUT2D eigenvalue weighted by Crippen LogP contribution is -2.38. The first-order valence-corrected chi connectivity index (χ1v) is 8.35. The van der Waals surface area contributed by atoms with Gasteiger partial charge in [0.1, 0.15) is 6.17 Å². The van der Waals surface area contributed by atoms with Crippen molar-refractivity contribution in [2.45, 2.75) is 38.4 Å². The molecule has 2 aromatic rings. The fourth-order valence-electron chi connectivity index (χ4n) is 3.08. The molecule has 0 bridgehead atoms. The molecule has 1 aromatic heterocycles. The Kier molecular flexibility index (Phi) is 4.76. The molecule has 0 unspecified atom stereocenters. The number of rotatable bonds is 4. The highest BCUT2D eigenvalue weighted by molar-refractivity contribution is 5.95. The number of nitrogens with zero attached hydrogens (tertiary/aromatic N) is 3. The third-order valence-corrected chi connectivity index (χ3v) is 4.56. The van der Waals surface area contributed by atoms with Crippen molar-refractivity contribution >= 4 is 5.91 Å². The maximum atomic E-state index is 13.6. The van der Waals surface area contributed by atoms with Crippen molar-refractivity contribution in [1.82, 2.24) is 14.7 Å². The van der Waals surface area contributed by atoms with E-state index in [1.165, 1.54) is 21.3 Å².